The zero-order chi connectivity index (χ0) is 64.7. The Morgan fingerprint density at radius 2 is 0.521 bits per heavy atom. The van der Waals surface area contributed by atoms with E-state index in [9.17, 15) is 0 Å². The van der Waals surface area contributed by atoms with Gasteiger partial charge in [0, 0.05) is 85.2 Å². The van der Waals surface area contributed by atoms with Gasteiger partial charge in [-0.15, -0.1) is 22.7 Å². The molecule has 0 spiro atoms. The molecule has 0 bridgehead atoms. The van der Waals surface area contributed by atoms with E-state index in [0.717, 1.165) is 34.1 Å². The van der Waals surface area contributed by atoms with Gasteiger partial charge in [0.25, 0.3) is 0 Å². The van der Waals surface area contributed by atoms with Gasteiger partial charge in [-0.2, -0.15) is 0 Å². The zero-order valence-corrected chi connectivity index (χ0v) is 58.4. The molecule has 6 heteroatoms. The van der Waals surface area contributed by atoms with Crippen LogP contribution in [0.25, 0.3) is 73.4 Å². The van der Waals surface area contributed by atoms with Crippen LogP contribution in [0.5, 0.6) is 0 Å². The van der Waals surface area contributed by atoms with E-state index in [0.29, 0.717) is 0 Å². The fourth-order valence-electron chi connectivity index (χ4n) is 16.4. The molecule has 0 unspecified atom stereocenters. The van der Waals surface area contributed by atoms with Crippen LogP contribution >= 0.6 is 22.7 Å². The zero-order valence-electron chi connectivity index (χ0n) is 54.7. The number of hydrogen-bond acceptors (Lipinski definition) is 4. The van der Waals surface area contributed by atoms with Crippen LogP contribution in [0.3, 0.4) is 0 Å². The Morgan fingerprint density at radius 3 is 0.865 bits per heavy atom. The number of benzene rings is 14. The quantitative estimate of drug-likeness (QED) is 0.113. The van der Waals surface area contributed by atoms with E-state index in [1.807, 2.05) is 22.7 Å². The molecule has 0 fully saturated rings. The summed E-state index contributed by atoms with van der Waals surface area (Å²) < 4.78 is 5.19. The lowest BCUT2D eigenvalue weighted by atomic mass is 9.67. The molecule has 0 radical (unpaired) electrons. The lowest BCUT2D eigenvalue weighted by Crippen LogP contribution is -2.37. The molecule has 2 nitrogen and oxygen atoms in total. The Labute approximate surface area is 572 Å². The minimum Gasteiger partial charge on any atom is -0.310 e. The first kappa shape index (κ1) is 58.4. The van der Waals surface area contributed by atoms with Crippen LogP contribution in [0.2, 0.25) is 39.3 Å². The average molecular weight is 1300 g/mol. The summed E-state index contributed by atoms with van der Waals surface area (Å²) in [6.07, 6.45) is 0. The van der Waals surface area contributed by atoms with Gasteiger partial charge in [0.15, 0.2) is 0 Å². The normalized spacial score (nSPS) is 13.7. The summed E-state index contributed by atoms with van der Waals surface area (Å²) in [4.78, 5) is 4.99. The van der Waals surface area contributed by atoms with Gasteiger partial charge >= 0.3 is 0 Å². The third-order valence-corrected chi connectivity index (χ3v) is 27.5. The number of anilines is 6. The number of nitrogens with zero attached hydrogens (tertiary/aromatic N) is 2. The Kier molecular flexibility index (Phi) is 13.5. The van der Waals surface area contributed by atoms with Crippen molar-refractivity contribution in [3.63, 3.8) is 0 Å². The van der Waals surface area contributed by atoms with Crippen LogP contribution in [0.1, 0.15) is 44.5 Å². The molecule has 2 aromatic heterocycles. The van der Waals surface area contributed by atoms with Crippen molar-refractivity contribution in [2.45, 2.75) is 50.1 Å². The molecule has 0 atom stereocenters. The molecule has 18 rings (SSSR count). The molecular weight excluding hydrogens is 1230 g/mol. The summed E-state index contributed by atoms with van der Waals surface area (Å²) in [5, 5.41) is 10.6. The maximum absolute atomic E-state index is 2.50. The van der Waals surface area contributed by atoms with Crippen LogP contribution in [0.4, 0.5) is 34.1 Å². The summed E-state index contributed by atoms with van der Waals surface area (Å²) >= 11 is 3.85. The smallest absolute Gasteiger partial charge is 0.0775 e. The topological polar surface area (TPSA) is 6.48 Å². The van der Waals surface area contributed by atoms with Gasteiger partial charge < -0.3 is 9.80 Å². The van der Waals surface area contributed by atoms with Gasteiger partial charge in [0.1, 0.15) is 0 Å². The Morgan fingerprint density at radius 1 is 0.240 bits per heavy atom. The Balaban J connectivity index is 0.764. The van der Waals surface area contributed by atoms with Crippen molar-refractivity contribution in [3.05, 3.63) is 360 Å². The highest BCUT2D eigenvalue weighted by Gasteiger charge is 2.48. The Bertz CT molecular complexity index is 5310. The van der Waals surface area contributed by atoms with Gasteiger partial charge in [-0.25, -0.2) is 0 Å². The van der Waals surface area contributed by atoms with Crippen molar-refractivity contribution in [2.75, 3.05) is 9.80 Å². The van der Waals surface area contributed by atoms with Crippen LogP contribution < -0.4 is 20.2 Å². The maximum atomic E-state index is 2.50. The van der Waals surface area contributed by atoms with E-state index < -0.39 is 27.0 Å². The van der Waals surface area contributed by atoms with Gasteiger partial charge in [0.05, 0.1) is 27.0 Å². The molecule has 0 saturated heterocycles. The fraction of sp³-hybridized carbons (Fsp3) is 0.0889. The first-order valence-electron chi connectivity index (χ1n) is 33.6. The average Bonchev–Trinajstić information content (AvgIpc) is 1.53. The lowest BCUT2D eigenvalue weighted by molar-refractivity contribution is 0.768. The summed E-state index contributed by atoms with van der Waals surface area (Å²) in [6.45, 7) is 14.6. The summed E-state index contributed by atoms with van der Waals surface area (Å²) in [7, 11) is -3.17. The summed E-state index contributed by atoms with van der Waals surface area (Å²) in [5.74, 6) is 0. The predicted molar refractivity (Wildman–Crippen MR) is 420 cm³/mol. The van der Waals surface area contributed by atoms with E-state index in [1.165, 1.54) is 128 Å². The van der Waals surface area contributed by atoms with E-state index >= 15 is 0 Å². The largest absolute Gasteiger partial charge is 0.310 e. The highest BCUT2D eigenvalue weighted by atomic mass is 32.1. The van der Waals surface area contributed by atoms with Crippen LogP contribution in [-0.2, 0) is 10.8 Å². The minimum atomic E-state index is -1.59. The van der Waals surface area contributed by atoms with Gasteiger partial charge in [-0.05, 0) is 140 Å². The molecule has 2 aliphatic carbocycles. The number of thiophene rings is 2. The molecule has 2 aliphatic rings. The summed E-state index contributed by atoms with van der Waals surface area (Å²) in [5.41, 5.74) is 21.2. The number of fused-ring (bicyclic) bond motifs is 15. The van der Waals surface area contributed by atoms with Crippen LogP contribution in [0.15, 0.2) is 315 Å². The van der Waals surface area contributed by atoms with Crippen molar-refractivity contribution in [1.82, 2.24) is 0 Å². The molecule has 0 N–H and O–H groups in total. The molecule has 2 heterocycles. The van der Waals surface area contributed by atoms with Crippen LogP contribution in [-0.4, -0.2) is 16.1 Å². The lowest BCUT2D eigenvalue weighted by Gasteiger charge is -2.35. The van der Waals surface area contributed by atoms with Gasteiger partial charge in [-0.3, -0.25) is 0 Å². The highest BCUT2D eigenvalue weighted by Crippen LogP contribution is 2.59. The van der Waals surface area contributed by atoms with Crippen LogP contribution in [0, 0.1) is 0 Å². The van der Waals surface area contributed by atoms with Crippen molar-refractivity contribution in [1.29, 1.82) is 0 Å². The molecule has 14 aromatic carbocycles. The van der Waals surface area contributed by atoms with E-state index in [-0.39, 0.29) is 0 Å². The Hall–Kier alpha value is -10.2. The minimum absolute atomic E-state index is 0.520. The second kappa shape index (κ2) is 22.2. The molecule has 96 heavy (non-hydrogen) atoms. The maximum Gasteiger partial charge on any atom is 0.0775 e. The van der Waals surface area contributed by atoms with E-state index in [1.54, 1.807) is 0 Å². The molecule has 460 valence electrons. The van der Waals surface area contributed by atoms with E-state index in [2.05, 4.69) is 365 Å². The standard InChI is InChI=1S/C90H70N2S2Si2/c1-95(2,3)69-45-39-63(40-46-69)91(65-29-21-27-61(55-65)89(59-23-9-7-10-24-59)81-35-17-13-31-71(81)72-32-14-18-36-82(72)89)67-43-49-75-77-51-53-80-79(87(77)93-85(75)57-67)54-52-78-76-50-44-68(58-86(76)94-88(78)80)92(64-41-47-70(48-42-64)96(4,5)6)66-30-22-28-62(56-66)90(60-25-11-8-12-26-60)83-37-19-15-33-73(83)74-34-16-20-38-84(74)90/h7-58H,1-6H3. The summed E-state index contributed by atoms with van der Waals surface area (Å²) in [6, 6.07) is 120. The van der Waals surface area contributed by atoms with Crippen molar-refractivity contribution >= 4 is 134 Å². The third kappa shape index (κ3) is 8.92. The SMILES string of the molecule is C[Si](C)(C)c1ccc(N(c2cccc(C3(c4ccccc4)c4ccccc4-c4ccccc43)c2)c2ccc3c(c2)sc2c3ccc3c2ccc2c4ccc(N(c5ccc([Si](C)(C)C)cc5)c5cccc(C6(c7ccccc7)c7ccccc7-c7ccccc76)c5)cc4sc23)cc1. The first-order valence-corrected chi connectivity index (χ1v) is 42.3. The number of hydrogen-bond donors (Lipinski definition) is 0. The van der Waals surface area contributed by atoms with Crippen molar-refractivity contribution in [3.8, 4) is 22.3 Å². The molecular formula is C90H70N2S2Si2. The molecule has 16 aromatic rings. The van der Waals surface area contributed by atoms with Gasteiger partial charge in [0.2, 0.25) is 0 Å². The van der Waals surface area contributed by atoms with Crippen molar-refractivity contribution < 1.29 is 0 Å². The first-order chi connectivity index (χ1) is 46.8. The monoisotopic (exact) mass is 1300 g/mol. The predicted octanol–water partition coefficient (Wildman–Crippen LogP) is 24.3. The molecule has 0 amide bonds. The second-order valence-electron chi connectivity index (χ2n) is 28.3. The number of rotatable bonds is 12. The van der Waals surface area contributed by atoms with Gasteiger partial charge in [-0.1, -0.05) is 292 Å². The van der Waals surface area contributed by atoms with E-state index in [4.69, 9.17) is 0 Å². The van der Waals surface area contributed by atoms with Crippen molar-refractivity contribution in [2.24, 2.45) is 0 Å². The second-order valence-corrected chi connectivity index (χ2v) is 40.6. The fourth-order valence-corrected chi connectivity index (χ4v) is 21.3. The third-order valence-electron chi connectivity index (χ3n) is 20.9. The molecule has 0 saturated carbocycles. The highest BCUT2D eigenvalue weighted by molar-refractivity contribution is 7.28. The molecule has 0 aliphatic heterocycles.